The molecular formula is C18H20N3O4S+. The lowest BCUT2D eigenvalue weighted by Crippen LogP contribution is -2.63. The molecule has 0 aliphatic carbocycles. The highest BCUT2D eigenvalue weighted by Crippen LogP contribution is 2.49. The zero-order valence-corrected chi connectivity index (χ0v) is 15.3. The molecule has 0 spiro atoms. The molecule has 2 aliphatic heterocycles. The number of aliphatic hydroxyl groups excluding tert-OH is 1. The zero-order valence-electron chi connectivity index (χ0n) is 14.5. The molecule has 1 saturated heterocycles. The van der Waals surface area contributed by atoms with Gasteiger partial charge >= 0.3 is 5.97 Å². The topological polar surface area (TPSA) is 106 Å². The molecule has 1 fully saturated rings. The van der Waals surface area contributed by atoms with E-state index in [1.54, 1.807) is 0 Å². The fraction of sp³-hybridized carbons (Fsp3) is 0.444. The Balaban J connectivity index is 1.91. The molecule has 7 nitrogen and oxygen atoms in total. The number of rotatable bonds is 6. The molecule has 4 atom stereocenters. The van der Waals surface area contributed by atoms with Crippen LogP contribution in [0.4, 0.5) is 0 Å². The van der Waals surface area contributed by atoms with Gasteiger partial charge in [0, 0.05) is 35.1 Å². The molecule has 0 aromatic carbocycles. The Morgan fingerprint density at radius 1 is 1.46 bits per heavy atom. The summed E-state index contributed by atoms with van der Waals surface area (Å²) < 4.78 is 1.90. The summed E-state index contributed by atoms with van der Waals surface area (Å²) in [4.78, 5) is 26.4. The van der Waals surface area contributed by atoms with Gasteiger partial charge < -0.3 is 15.1 Å². The van der Waals surface area contributed by atoms with Crippen LogP contribution in [0.5, 0.6) is 0 Å². The molecule has 0 saturated carbocycles. The van der Waals surface area contributed by atoms with E-state index in [2.05, 4.69) is 6.07 Å². The highest BCUT2D eigenvalue weighted by Gasteiger charge is 2.60. The van der Waals surface area contributed by atoms with Crippen LogP contribution in [0.25, 0.3) is 0 Å². The van der Waals surface area contributed by atoms with Crippen LogP contribution < -0.4 is 4.57 Å². The van der Waals surface area contributed by atoms with Crippen molar-refractivity contribution in [1.29, 1.82) is 5.26 Å². The highest BCUT2D eigenvalue weighted by molar-refractivity contribution is 7.99. The largest absolute Gasteiger partial charge is 0.477 e. The predicted molar refractivity (Wildman–Crippen MR) is 92.5 cm³/mol. The summed E-state index contributed by atoms with van der Waals surface area (Å²) in [5, 5.41) is 28.8. The number of aliphatic hydroxyl groups is 1. The van der Waals surface area contributed by atoms with Gasteiger partial charge in [-0.15, -0.1) is 11.8 Å². The molecule has 136 valence electrons. The van der Waals surface area contributed by atoms with Gasteiger partial charge in [0.2, 0.25) is 5.91 Å². The number of nitrogens with zero attached hydrogens (tertiary/aromatic N) is 3. The van der Waals surface area contributed by atoms with Crippen molar-refractivity contribution in [1.82, 2.24) is 4.90 Å². The number of fused-ring (bicyclic) bond motifs is 1. The summed E-state index contributed by atoms with van der Waals surface area (Å²) in [6.45, 7) is 1.53. The number of hydrogen-bond donors (Lipinski definition) is 2. The first-order chi connectivity index (χ1) is 12.4. The normalized spacial score (nSPS) is 25.5. The summed E-state index contributed by atoms with van der Waals surface area (Å²) in [7, 11) is 1.91. The molecule has 3 rings (SSSR count). The van der Waals surface area contributed by atoms with Crippen molar-refractivity contribution in [3.63, 3.8) is 0 Å². The van der Waals surface area contributed by atoms with Crippen molar-refractivity contribution in [3.05, 3.63) is 35.8 Å². The van der Waals surface area contributed by atoms with E-state index in [0.29, 0.717) is 11.3 Å². The average molecular weight is 374 g/mol. The molecule has 0 bridgehead atoms. The minimum atomic E-state index is -1.16. The van der Waals surface area contributed by atoms with E-state index in [9.17, 15) is 25.1 Å². The first-order valence-electron chi connectivity index (χ1n) is 8.29. The van der Waals surface area contributed by atoms with Crippen molar-refractivity contribution in [2.24, 2.45) is 18.9 Å². The molecule has 1 aromatic rings. The van der Waals surface area contributed by atoms with E-state index in [4.69, 9.17) is 0 Å². The average Bonchev–Trinajstić information content (AvgIpc) is 2.84. The standard InChI is InChI=1S/C18H19N3O4S/c1-10(22)14-15-12(3-6-19)13(16(18(24)25)21(15)17(14)23)9-26-11-4-7-20(2)8-5-11/h4-5,7-8,10,12,14-15,22H,3,9H2,1-2H3/p+1/t10-,12+,14-,15-/m1/s1. The fourth-order valence-corrected chi connectivity index (χ4v) is 4.74. The predicted octanol–water partition coefficient (Wildman–Crippen LogP) is 0.693. The Labute approximate surface area is 155 Å². The third kappa shape index (κ3) is 2.97. The molecule has 0 unspecified atom stereocenters. The summed E-state index contributed by atoms with van der Waals surface area (Å²) >= 11 is 1.48. The number of aryl methyl sites for hydroxylation is 1. The van der Waals surface area contributed by atoms with Crippen LogP contribution in [0.2, 0.25) is 0 Å². The molecule has 3 heterocycles. The number of hydrogen-bond acceptors (Lipinski definition) is 5. The van der Waals surface area contributed by atoms with E-state index in [1.807, 2.05) is 36.1 Å². The third-order valence-electron chi connectivity index (χ3n) is 4.97. The Morgan fingerprint density at radius 2 is 2.12 bits per heavy atom. The first kappa shape index (κ1) is 18.4. The summed E-state index contributed by atoms with van der Waals surface area (Å²) in [6, 6.07) is 5.52. The zero-order chi connectivity index (χ0) is 19.0. The number of carbonyl (C=O) groups excluding carboxylic acids is 1. The molecule has 8 heteroatoms. The van der Waals surface area contributed by atoms with E-state index in [-0.39, 0.29) is 23.9 Å². The summed E-state index contributed by atoms with van der Waals surface area (Å²) in [5.74, 6) is -2.18. The van der Waals surface area contributed by atoms with Gasteiger partial charge in [-0.25, -0.2) is 9.36 Å². The maximum Gasteiger partial charge on any atom is 0.352 e. The first-order valence-corrected chi connectivity index (χ1v) is 9.28. The molecule has 26 heavy (non-hydrogen) atoms. The van der Waals surface area contributed by atoms with E-state index < -0.39 is 24.0 Å². The van der Waals surface area contributed by atoms with Crippen molar-refractivity contribution in [2.75, 3.05) is 5.75 Å². The van der Waals surface area contributed by atoms with Gasteiger partial charge in [0.05, 0.1) is 24.1 Å². The fourth-order valence-electron chi connectivity index (χ4n) is 3.75. The van der Waals surface area contributed by atoms with Gasteiger partial charge in [-0.1, -0.05) is 0 Å². The third-order valence-corrected chi connectivity index (χ3v) is 6.03. The smallest absolute Gasteiger partial charge is 0.352 e. The van der Waals surface area contributed by atoms with Gasteiger partial charge in [-0.2, -0.15) is 5.26 Å². The number of β-lactam (4-membered cyclic amide) rings is 1. The van der Waals surface area contributed by atoms with Crippen LogP contribution in [0.3, 0.4) is 0 Å². The number of carboxylic acid groups (broad SMARTS) is 1. The molecule has 1 aromatic heterocycles. The van der Waals surface area contributed by atoms with Crippen LogP contribution in [0, 0.1) is 23.2 Å². The maximum absolute atomic E-state index is 12.4. The number of nitriles is 1. The van der Waals surface area contributed by atoms with Crippen molar-refractivity contribution < 1.29 is 24.4 Å². The number of carbonyl (C=O) groups is 2. The lowest BCUT2D eigenvalue weighted by atomic mass is 9.76. The molecule has 0 radical (unpaired) electrons. The van der Waals surface area contributed by atoms with E-state index in [0.717, 1.165) is 4.90 Å². The van der Waals surface area contributed by atoms with Crippen molar-refractivity contribution in [3.8, 4) is 6.07 Å². The number of pyridine rings is 1. The summed E-state index contributed by atoms with van der Waals surface area (Å²) in [5.41, 5.74) is 0.574. The van der Waals surface area contributed by atoms with Gasteiger partial charge in [0.25, 0.3) is 0 Å². The highest BCUT2D eigenvalue weighted by atomic mass is 32.2. The number of carboxylic acids is 1. The number of amides is 1. The van der Waals surface area contributed by atoms with Crippen LogP contribution in [-0.4, -0.2) is 44.9 Å². The molecule has 1 amide bonds. The quantitative estimate of drug-likeness (QED) is 0.431. The van der Waals surface area contributed by atoms with E-state index >= 15 is 0 Å². The van der Waals surface area contributed by atoms with Crippen LogP contribution >= 0.6 is 11.8 Å². The second-order valence-electron chi connectivity index (χ2n) is 6.60. The molecule has 2 aliphatic rings. The minimum absolute atomic E-state index is 0.0221. The summed E-state index contributed by atoms with van der Waals surface area (Å²) in [6.07, 6.45) is 3.04. The van der Waals surface area contributed by atoms with Crippen LogP contribution in [0.15, 0.2) is 40.7 Å². The number of aliphatic carboxylic acids is 1. The van der Waals surface area contributed by atoms with Gasteiger partial charge in [0.1, 0.15) is 12.7 Å². The van der Waals surface area contributed by atoms with Crippen molar-refractivity contribution >= 4 is 23.6 Å². The van der Waals surface area contributed by atoms with Gasteiger partial charge in [-0.3, -0.25) is 4.79 Å². The lowest BCUT2D eigenvalue weighted by molar-refractivity contribution is -0.671. The van der Waals surface area contributed by atoms with Crippen LogP contribution in [-0.2, 0) is 16.6 Å². The maximum atomic E-state index is 12.4. The lowest BCUT2D eigenvalue weighted by Gasteiger charge is -2.46. The van der Waals surface area contributed by atoms with Crippen molar-refractivity contribution in [2.45, 2.75) is 30.4 Å². The Morgan fingerprint density at radius 3 is 2.65 bits per heavy atom. The SMILES string of the molecule is C[C@@H](O)[C@H]1C(=O)N2C(C(=O)O)=C(CSc3cc[n+](C)cc3)[C@H](CC#N)[C@H]12. The molecule has 2 N–H and O–H groups in total. The van der Waals surface area contributed by atoms with Crippen LogP contribution in [0.1, 0.15) is 13.3 Å². The Kier molecular flexibility index (Phi) is 5.03. The number of thioether (sulfide) groups is 1. The minimum Gasteiger partial charge on any atom is -0.477 e. The van der Waals surface area contributed by atoms with E-state index in [1.165, 1.54) is 23.6 Å². The Bertz CT molecular complexity index is 813. The number of aromatic nitrogens is 1. The second kappa shape index (κ2) is 7.09. The Hall–Kier alpha value is -2.37. The second-order valence-corrected chi connectivity index (χ2v) is 7.65. The van der Waals surface area contributed by atoms with Gasteiger partial charge in [0.15, 0.2) is 12.4 Å². The monoisotopic (exact) mass is 374 g/mol. The molecular weight excluding hydrogens is 354 g/mol. The van der Waals surface area contributed by atoms with Gasteiger partial charge in [-0.05, 0) is 12.5 Å².